The van der Waals surface area contributed by atoms with E-state index in [9.17, 15) is 4.79 Å². The SMILES string of the molecule is O=C(O)C1(C2CC=CCC2)OC1CO. The predicted octanol–water partition coefficient (Wildman–Crippen LogP) is 0.557. The van der Waals surface area contributed by atoms with Gasteiger partial charge in [0, 0.05) is 5.92 Å². The third-order valence-electron chi connectivity index (χ3n) is 3.13. The van der Waals surface area contributed by atoms with Crippen LogP contribution in [-0.2, 0) is 9.53 Å². The van der Waals surface area contributed by atoms with Gasteiger partial charge in [-0.25, -0.2) is 4.79 Å². The molecule has 0 radical (unpaired) electrons. The van der Waals surface area contributed by atoms with Gasteiger partial charge in [0.25, 0.3) is 0 Å². The quantitative estimate of drug-likeness (QED) is 0.513. The first-order valence-corrected chi connectivity index (χ1v) is 4.89. The number of ether oxygens (including phenoxy) is 1. The molecule has 1 heterocycles. The standard InChI is InChI=1S/C10H14O4/c11-6-8-10(14-8,9(12)13)7-4-2-1-3-5-7/h1-2,7-8,11H,3-6H2,(H,12,13). The molecule has 0 spiro atoms. The Balaban J connectivity index is 2.13. The minimum Gasteiger partial charge on any atom is -0.479 e. The fourth-order valence-electron chi connectivity index (χ4n) is 2.28. The molecule has 2 aliphatic rings. The van der Waals surface area contributed by atoms with Crippen LogP contribution in [0, 0.1) is 5.92 Å². The Bertz CT molecular complexity index is 273. The number of aliphatic hydroxyl groups is 1. The summed E-state index contributed by atoms with van der Waals surface area (Å²) >= 11 is 0. The van der Waals surface area contributed by atoms with E-state index in [1.165, 1.54) is 0 Å². The van der Waals surface area contributed by atoms with Crippen molar-refractivity contribution >= 4 is 5.97 Å². The van der Waals surface area contributed by atoms with Crippen molar-refractivity contribution in [3.8, 4) is 0 Å². The van der Waals surface area contributed by atoms with Crippen LogP contribution in [-0.4, -0.2) is 34.5 Å². The summed E-state index contributed by atoms with van der Waals surface area (Å²) in [4.78, 5) is 11.1. The molecule has 2 N–H and O–H groups in total. The van der Waals surface area contributed by atoms with Crippen LogP contribution in [0.2, 0.25) is 0 Å². The molecule has 0 saturated carbocycles. The molecular weight excluding hydrogens is 184 g/mol. The number of rotatable bonds is 3. The Morgan fingerprint density at radius 3 is 2.79 bits per heavy atom. The second-order valence-corrected chi connectivity index (χ2v) is 3.87. The zero-order chi connectivity index (χ0) is 10.2. The highest BCUT2D eigenvalue weighted by molar-refractivity contribution is 5.82. The van der Waals surface area contributed by atoms with Crippen LogP contribution in [0.15, 0.2) is 12.2 Å². The van der Waals surface area contributed by atoms with Crippen molar-refractivity contribution in [3.63, 3.8) is 0 Å². The summed E-state index contributed by atoms with van der Waals surface area (Å²) in [6, 6.07) is 0. The molecule has 4 heteroatoms. The van der Waals surface area contributed by atoms with E-state index in [1.54, 1.807) is 0 Å². The van der Waals surface area contributed by atoms with E-state index in [0.717, 1.165) is 19.3 Å². The van der Waals surface area contributed by atoms with Gasteiger partial charge in [0.05, 0.1) is 6.61 Å². The summed E-state index contributed by atoms with van der Waals surface area (Å²) in [7, 11) is 0. The number of carbonyl (C=O) groups is 1. The summed E-state index contributed by atoms with van der Waals surface area (Å²) in [5, 5.41) is 18.0. The zero-order valence-corrected chi connectivity index (χ0v) is 7.85. The number of aliphatic hydroxyl groups excluding tert-OH is 1. The van der Waals surface area contributed by atoms with E-state index in [0.29, 0.717) is 0 Å². The molecule has 0 aromatic heterocycles. The number of allylic oxidation sites excluding steroid dienone is 2. The molecule has 4 nitrogen and oxygen atoms in total. The normalized spacial score (nSPS) is 40.9. The van der Waals surface area contributed by atoms with Crippen LogP contribution in [0.1, 0.15) is 19.3 Å². The largest absolute Gasteiger partial charge is 0.479 e. The molecule has 14 heavy (non-hydrogen) atoms. The molecule has 1 saturated heterocycles. The monoisotopic (exact) mass is 198 g/mol. The second-order valence-electron chi connectivity index (χ2n) is 3.87. The van der Waals surface area contributed by atoms with E-state index < -0.39 is 17.7 Å². The zero-order valence-electron chi connectivity index (χ0n) is 7.85. The lowest BCUT2D eigenvalue weighted by molar-refractivity contribution is -0.145. The highest BCUT2D eigenvalue weighted by Crippen LogP contribution is 2.47. The van der Waals surface area contributed by atoms with Crippen molar-refractivity contribution in [2.45, 2.75) is 31.0 Å². The van der Waals surface area contributed by atoms with Crippen molar-refractivity contribution in [1.29, 1.82) is 0 Å². The predicted molar refractivity (Wildman–Crippen MR) is 48.8 cm³/mol. The Kier molecular flexibility index (Phi) is 2.33. The minimum atomic E-state index is -1.10. The topological polar surface area (TPSA) is 70.1 Å². The van der Waals surface area contributed by atoms with Gasteiger partial charge in [-0.15, -0.1) is 0 Å². The van der Waals surface area contributed by atoms with Gasteiger partial charge >= 0.3 is 5.97 Å². The summed E-state index contributed by atoms with van der Waals surface area (Å²) in [5.74, 6) is -0.918. The van der Waals surface area contributed by atoms with E-state index in [2.05, 4.69) is 6.08 Å². The fourth-order valence-corrected chi connectivity index (χ4v) is 2.28. The van der Waals surface area contributed by atoms with E-state index >= 15 is 0 Å². The first-order chi connectivity index (χ1) is 6.71. The van der Waals surface area contributed by atoms with Gasteiger partial charge < -0.3 is 14.9 Å². The maximum Gasteiger partial charge on any atom is 0.339 e. The van der Waals surface area contributed by atoms with Crippen molar-refractivity contribution in [1.82, 2.24) is 0 Å². The number of aliphatic carboxylic acids is 1. The van der Waals surface area contributed by atoms with Crippen LogP contribution in [0.3, 0.4) is 0 Å². The Labute approximate surface area is 82.2 Å². The van der Waals surface area contributed by atoms with Gasteiger partial charge in [0.2, 0.25) is 0 Å². The average Bonchev–Trinajstić information content (AvgIpc) is 2.94. The Morgan fingerprint density at radius 1 is 1.57 bits per heavy atom. The molecule has 0 aromatic rings. The fraction of sp³-hybridized carbons (Fsp3) is 0.700. The molecule has 1 fully saturated rings. The third-order valence-corrected chi connectivity index (χ3v) is 3.13. The summed E-state index contributed by atoms with van der Waals surface area (Å²) in [6.45, 7) is -0.202. The average molecular weight is 198 g/mol. The lowest BCUT2D eigenvalue weighted by Gasteiger charge is -2.22. The molecule has 0 amide bonds. The molecule has 0 bridgehead atoms. The van der Waals surface area contributed by atoms with E-state index in [4.69, 9.17) is 14.9 Å². The molecular formula is C10H14O4. The second kappa shape index (κ2) is 3.37. The lowest BCUT2D eigenvalue weighted by Crippen LogP contribution is -2.37. The number of carboxylic acids is 1. The molecule has 0 aromatic carbocycles. The smallest absolute Gasteiger partial charge is 0.339 e. The van der Waals surface area contributed by atoms with Gasteiger partial charge in [-0.1, -0.05) is 12.2 Å². The van der Waals surface area contributed by atoms with Gasteiger partial charge in [0.1, 0.15) is 6.10 Å². The number of hydrogen-bond donors (Lipinski definition) is 2. The highest BCUT2D eigenvalue weighted by atomic mass is 16.6. The maximum absolute atomic E-state index is 11.1. The van der Waals surface area contributed by atoms with E-state index in [-0.39, 0.29) is 12.5 Å². The molecule has 3 atom stereocenters. The molecule has 3 unspecified atom stereocenters. The summed E-state index contributed by atoms with van der Waals surface area (Å²) in [5.41, 5.74) is -1.10. The van der Waals surface area contributed by atoms with Crippen molar-refractivity contribution < 1.29 is 19.7 Å². The molecule has 1 aliphatic heterocycles. The molecule has 78 valence electrons. The van der Waals surface area contributed by atoms with Gasteiger partial charge in [-0.05, 0) is 19.3 Å². The number of epoxide rings is 1. The molecule has 2 rings (SSSR count). The number of carboxylic acid groups (broad SMARTS) is 1. The van der Waals surface area contributed by atoms with Crippen LogP contribution in [0.25, 0.3) is 0 Å². The van der Waals surface area contributed by atoms with E-state index in [1.807, 2.05) is 6.08 Å². The van der Waals surface area contributed by atoms with Crippen LogP contribution in [0.5, 0.6) is 0 Å². The Hall–Kier alpha value is -0.870. The van der Waals surface area contributed by atoms with Crippen molar-refractivity contribution in [2.24, 2.45) is 5.92 Å². The van der Waals surface area contributed by atoms with Gasteiger partial charge in [0.15, 0.2) is 5.60 Å². The van der Waals surface area contributed by atoms with Crippen LogP contribution in [0.4, 0.5) is 0 Å². The van der Waals surface area contributed by atoms with Crippen molar-refractivity contribution in [3.05, 3.63) is 12.2 Å². The Morgan fingerprint density at radius 2 is 2.36 bits per heavy atom. The highest BCUT2D eigenvalue weighted by Gasteiger charge is 2.66. The first-order valence-electron chi connectivity index (χ1n) is 4.89. The number of hydrogen-bond acceptors (Lipinski definition) is 3. The van der Waals surface area contributed by atoms with Crippen LogP contribution < -0.4 is 0 Å². The van der Waals surface area contributed by atoms with Gasteiger partial charge in [-0.2, -0.15) is 0 Å². The van der Waals surface area contributed by atoms with Gasteiger partial charge in [-0.3, -0.25) is 0 Å². The van der Waals surface area contributed by atoms with Crippen molar-refractivity contribution in [2.75, 3.05) is 6.61 Å². The first kappa shape index (κ1) is 9.68. The summed E-state index contributed by atoms with van der Waals surface area (Å²) < 4.78 is 5.17. The molecule has 1 aliphatic carbocycles. The lowest BCUT2D eigenvalue weighted by atomic mass is 9.81. The summed E-state index contributed by atoms with van der Waals surface area (Å²) in [6.07, 6.45) is 6.03. The third kappa shape index (κ3) is 1.26. The maximum atomic E-state index is 11.1. The van der Waals surface area contributed by atoms with Crippen LogP contribution >= 0.6 is 0 Å². The minimum absolute atomic E-state index is 0.0159.